The van der Waals surface area contributed by atoms with Gasteiger partial charge in [-0.2, -0.15) is 73.7 Å². The average molecular weight is 755 g/mol. The van der Waals surface area contributed by atoms with E-state index in [9.17, 15) is 73.7 Å². The van der Waals surface area contributed by atoms with Crippen LogP contribution in [-0.2, 0) is 24.7 Å². The van der Waals surface area contributed by atoms with Crippen molar-refractivity contribution in [2.24, 2.45) is 0 Å². The fourth-order valence-corrected chi connectivity index (χ4v) is 6.93. The van der Waals surface area contributed by atoms with Crippen LogP contribution in [0.15, 0.2) is 83.9 Å². The van der Waals surface area contributed by atoms with Gasteiger partial charge in [0.2, 0.25) is 0 Å². The van der Waals surface area contributed by atoms with E-state index in [1.165, 1.54) is 36.4 Å². The Labute approximate surface area is 296 Å². The van der Waals surface area contributed by atoms with Crippen molar-refractivity contribution in [1.29, 1.82) is 21.0 Å². The van der Waals surface area contributed by atoms with Crippen molar-refractivity contribution in [3.05, 3.63) is 128 Å². The molecule has 2 atom stereocenters. The number of allylic oxidation sites excluding steroid dienone is 4. The fraction of sp³-hybridized carbons (Fsp3) is 0.158. The van der Waals surface area contributed by atoms with E-state index in [-0.39, 0.29) is 56.7 Å². The topological polar surface area (TPSA) is 95.2 Å². The number of nitriles is 4. The predicted molar refractivity (Wildman–Crippen MR) is 166 cm³/mol. The molecular formula is C38H14F12N4. The molecule has 6 rings (SSSR count). The fourth-order valence-electron chi connectivity index (χ4n) is 6.93. The first kappa shape index (κ1) is 37.2. The van der Waals surface area contributed by atoms with Crippen LogP contribution in [0.1, 0.15) is 56.3 Å². The monoisotopic (exact) mass is 754 g/mol. The zero-order valence-electron chi connectivity index (χ0n) is 26.4. The first-order chi connectivity index (χ1) is 25.1. The van der Waals surface area contributed by atoms with E-state index in [0.29, 0.717) is 24.3 Å². The first-order valence-electron chi connectivity index (χ1n) is 15.1. The molecule has 0 amide bonds. The molecule has 0 fully saturated rings. The van der Waals surface area contributed by atoms with Crippen LogP contribution in [0.3, 0.4) is 0 Å². The number of benzene rings is 4. The van der Waals surface area contributed by atoms with E-state index >= 15 is 0 Å². The molecule has 0 bridgehead atoms. The summed E-state index contributed by atoms with van der Waals surface area (Å²) in [5, 5.41) is 39.9. The molecule has 2 aliphatic carbocycles. The molecule has 2 aliphatic rings. The summed E-state index contributed by atoms with van der Waals surface area (Å²) in [5.41, 5.74) is -8.76. The Morgan fingerprint density at radius 1 is 0.389 bits per heavy atom. The van der Waals surface area contributed by atoms with Gasteiger partial charge < -0.3 is 0 Å². The second kappa shape index (κ2) is 12.6. The van der Waals surface area contributed by atoms with Gasteiger partial charge in [0.05, 0.1) is 22.3 Å². The third kappa shape index (κ3) is 6.30. The Hall–Kier alpha value is -6.52. The van der Waals surface area contributed by atoms with Crippen LogP contribution < -0.4 is 0 Å². The van der Waals surface area contributed by atoms with Crippen LogP contribution in [0.2, 0.25) is 0 Å². The number of nitrogens with zero attached hydrogens (tertiary/aromatic N) is 4. The van der Waals surface area contributed by atoms with Crippen molar-refractivity contribution in [2.75, 3.05) is 0 Å². The summed E-state index contributed by atoms with van der Waals surface area (Å²) in [5.74, 6) is -2.22. The Kier molecular flexibility index (Phi) is 8.66. The van der Waals surface area contributed by atoms with Gasteiger partial charge in [0, 0.05) is 11.8 Å². The highest BCUT2D eigenvalue weighted by atomic mass is 19.4. The highest BCUT2D eigenvalue weighted by molar-refractivity contribution is 6.00. The van der Waals surface area contributed by atoms with Gasteiger partial charge >= 0.3 is 24.7 Å². The molecule has 2 unspecified atom stereocenters. The van der Waals surface area contributed by atoms with Crippen LogP contribution in [-0.4, -0.2) is 0 Å². The lowest BCUT2D eigenvalue weighted by Crippen LogP contribution is -2.11. The standard InChI is InChI=1S/C38H14F12N4/c39-35(40,41)23-5-19(6-24(11-23)36(42,43)44)17-1-3-27-29(9-17)31(21(13-51)14-52)34-28-4-2-18(10-30(28)32(33(27)34)22(15-53)16-54)20-7-25(37(45,46)47)12-26(8-20)38(48,49)50/h1-12,33-34H. The van der Waals surface area contributed by atoms with Crippen LogP contribution >= 0.6 is 0 Å². The second-order valence-corrected chi connectivity index (χ2v) is 12.2. The number of alkyl halides is 12. The molecule has 0 saturated heterocycles. The second-order valence-electron chi connectivity index (χ2n) is 12.2. The zero-order chi connectivity index (χ0) is 39.7. The van der Waals surface area contributed by atoms with Gasteiger partial charge in [-0.05, 0) is 104 Å². The quantitative estimate of drug-likeness (QED) is 0.150. The third-order valence-corrected chi connectivity index (χ3v) is 9.14. The molecule has 54 heavy (non-hydrogen) atoms. The summed E-state index contributed by atoms with van der Waals surface area (Å²) < 4.78 is 164. The number of fused-ring (bicyclic) bond motifs is 5. The van der Waals surface area contributed by atoms with E-state index in [0.717, 1.165) is 0 Å². The van der Waals surface area contributed by atoms with Gasteiger partial charge in [0.1, 0.15) is 35.4 Å². The molecular weight excluding hydrogens is 740 g/mol. The van der Waals surface area contributed by atoms with E-state index in [4.69, 9.17) is 0 Å². The van der Waals surface area contributed by atoms with Crippen molar-refractivity contribution < 1.29 is 52.7 Å². The van der Waals surface area contributed by atoms with Crippen LogP contribution in [0, 0.1) is 45.3 Å². The summed E-state index contributed by atoms with van der Waals surface area (Å²) in [7, 11) is 0. The maximum atomic E-state index is 13.7. The van der Waals surface area contributed by atoms with Crippen LogP contribution in [0.4, 0.5) is 52.7 Å². The maximum Gasteiger partial charge on any atom is 0.416 e. The van der Waals surface area contributed by atoms with Crippen molar-refractivity contribution in [3.8, 4) is 46.5 Å². The normalized spacial score (nSPS) is 16.4. The summed E-state index contributed by atoms with van der Waals surface area (Å²) in [4.78, 5) is 0. The molecule has 4 nitrogen and oxygen atoms in total. The van der Waals surface area contributed by atoms with Gasteiger partial charge in [-0.15, -0.1) is 0 Å². The number of hydrogen-bond donors (Lipinski definition) is 0. The molecule has 4 aromatic carbocycles. The minimum atomic E-state index is -5.18. The lowest BCUT2D eigenvalue weighted by Gasteiger charge is -2.17. The van der Waals surface area contributed by atoms with Gasteiger partial charge in [0.15, 0.2) is 0 Å². The SMILES string of the molecule is N#CC(C#N)=C1c2cc(-c3cc(C(F)(F)F)cc(C(F)(F)F)c3)ccc2C2C(=C(C#N)C#N)c3cc(-c4cc(C(F)(F)F)cc(C(F)(F)F)c4)ccc3C12. The van der Waals surface area contributed by atoms with Crippen molar-refractivity contribution in [2.45, 2.75) is 36.5 Å². The Morgan fingerprint density at radius 2 is 0.667 bits per heavy atom. The lowest BCUT2D eigenvalue weighted by atomic mass is 9.86. The van der Waals surface area contributed by atoms with E-state index in [2.05, 4.69) is 0 Å². The molecule has 4 aromatic rings. The number of hydrogen-bond acceptors (Lipinski definition) is 4. The Bertz CT molecular complexity index is 2230. The third-order valence-electron chi connectivity index (χ3n) is 9.14. The predicted octanol–water partition coefficient (Wildman–Crippen LogP) is 11.6. The van der Waals surface area contributed by atoms with Crippen molar-refractivity contribution in [3.63, 3.8) is 0 Å². The van der Waals surface area contributed by atoms with Crippen LogP contribution in [0.25, 0.3) is 33.4 Å². The van der Waals surface area contributed by atoms with Gasteiger partial charge in [-0.3, -0.25) is 0 Å². The van der Waals surface area contributed by atoms with E-state index in [1.807, 2.05) is 0 Å². The zero-order valence-corrected chi connectivity index (χ0v) is 26.4. The van der Waals surface area contributed by atoms with E-state index < -0.39 is 81.1 Å². The largest absolute Gasteiger partial charge is 0.416 e. The van der Waals surface area contributed by atoms with Gasteiger partial charge in [-0.1, -0.05) is 24.3 Å². The molecule has 16 heteroatoms. The van der Waals surface area contributed by atoms with Crippen LogP contribution in [0.5, 0.6) is 0 Å². The number of halogens is 12. The first-order valence-corrected chi connectivity index (χ1v) is 15.1. The molecule has 0 aromatic heterocycles. The van der Waals surface area contributed by atoms with E-state index in [1.54, 1.807) is 24.3 Å². The van der Waals surface area contributed by atoms with Gasteiger partial charge in [-0.25, -0.2) is 0 Å². The summed E-state index contributed by atoms with van der Waals surface area (Å²) in [6.45, 7) is 0. The minimum absolute atomic E-state index is 0.0155. The van der Waals surface area contributed by atoms with Gasteiger partial charge in [0.25, 0.3) is 0 Å². The Balaban J connectivity index is 1.61. The molecule has 270 valence electrons. The van der Waals surface area contributed by atoms with Crippen molar-refractivity contribution in [1.82, 2.24) is 0 Å². The lowest BCUT2D eigenvalue weighted by molar-refractivity contribution is -0.144. The highest BCUT2D eigenvalue weighted by Crippen LogP contribution is 2.64. The molecule has 0 aliphatic heterocycles. The molecule has 0 N–H and O–H groups in total. The summed E-state index contributed by atoms with van der Waals surface area (Å²) in [6, 6.07) is 15.8. The highest BCUT2D eigenvalue weighted by Gasteiger charge is 2.49. The summed E-state index contributed by atoms with van der Waals surface area (Å²) in [6.07, 6.45) is -20.7. The maximum absolute atomic E-state index is 13.7. The molecule has 0 radical (unpaired) electrons. The Morgan fingerprint density at radius 3 is 0.907 bits per heavy atom. The minimum Gasteiger partial charge on any atom is -0.192 e. The molecule has 0 saturated carbocycles. The molecule has 0 heterocycles. The summed E-state index contributed by atoms with van der Waals surface area (Å²) >= 11 is 0. The number of rotatable bonds is 2. The smallest absolute Gasteiger partial charge is 0.192 e. The molecule has 0 spiro atoms. The average Bonchev–Trinajstić information content (AvgIpc) is 3.59. The van der Waals surface area contributed by atoms with Crippen molar-refractivity contribution >= 4 is 11.1 Å².